The van der Waals surface area contributed by atoms with Crippen molar-refractivity contribution in [2.24, 2.45) is 17.6 Å². The third-order valence-electron chi connectivity index (χ3n) is 4.38. The van der Waals surface area contributed by atoms with Crippen molar-refractivity contribution in [3.8, 4) is 5.75 Å². The van der Waals surface area contributed by atoms with Crippen LogP contribution in [0, 0.1) is 11.8 Å². The van der Waals surface area contributed by atoms with Gasteiger partial charge in [-0.2, -0.15) is 0 Å². The number of hydrogen-bond acceptors (Lipinski definition) is 6. The number of benzene rings is 1. The Morgan fingerprint density at radius 3 is 2.37 bits per heavy atom. The number of nitrogens with one attached hydrogen (secondary N) is 1. The normalized spacial score (nSPS) is 12.2. The van der Waals surface area contributed by atoms with Crippen LogP contribution in [0.2, 0.25) is 0 Å². The summed E-state index contributed by atoms with van der Waals surface area (Å²) in [5.41, 5.74) is 6.36. The molecule has 3 N–H and O–H groups in total. The van der Waals surface area contributed by atoms with Gasteiger partial charge in [0.1, 0.15) is 12.4 Å². The fourth-order valence-electron chi connectivity index (χ4n) is 2.83. The summed E-state index contributed by atoms with van der Waals surface area (Å²) in [6, 6.07) is 7.11. The van der Waals surface area contributed by atoms with Gasteiger partial charge in [0.15, 0.2) is 11.0 Å². The highest BCUT2D eigenvalue weighted by Gasteiger charge is 2.28. The van der Waals surface area contributed by atoms with Crippen molar-refractivity contribution in [3.63, 3.8) is 0 Å². The SMILES string of the molecule is CCc1ccc(OCc2nnc(SC(C(=O)NC(N)=O)C(C)C)n2CC(C)C)cc1. The van der Waals surface area contributed by atoms with E-state index in [0.29, 0.717) is 23.4 Å². The Labute approximate surface area is 182 Å². The summed E-state index contributed by atoms with van der Waals surface area (Å²) in [5.74, 6) is 1.33. The van der Waals surface area contributed by atoms with Crippen LogP contribution in [-0.2, 0) is 24.4 Å². The maximum atomic E-state index is 12.4. The van der Waals surface area contributed by atoms with Crippen LogP contribution in [0.15, 0.2) is 29.4 Å². The minimum absolute atomic E-state index is 0.0321. The second kappa shape index (κ2) is 11.0. The van der Waals surface area contributed by atoms with E-state index >= 15 is 0 Å². The van der Waals surface area contributed by atoms with Crippen molar-refractivity contribution in [1.82, 2.24) is 20.1 Å². The highest BCUT2D eigenvalue weighted by Crippen LogP contribution is 2.28. The van der Waals surface area contributed by atoms with Gasteiger partial charge >= 0.3 is 6.03 Å². The molecule has 0 fully saturated rings. The fourth-order valence-corrected chi connectivity index (χ4v) is 3.89. The van der Waals surface area contributed by atoms with Crippen molar-refractivity contribution in [2.45, 2.75) is 64.6 Å². The van der Waals surface area contributed by atoms with Gasteiger partial charge in [0, 0.05) is 6.54 Å². The maximum Gasteiger partial charge on any atom is 0.318 e. The number of aryl methyl sites for hydroxylation is 1. The van der Waals surface area contributed by atoms with E-state index in [1.807, 2.05) is 42.7 Å². The summed E-state index contributed by atoms with van der Waals surface area (Å²) in [6.07, 6.45) is 0.976. The Morgan fingerprint density at radius 1 is 1.17 bits per heavy atom. The first kappa shape index (κ1) is 23.7. The van der Waals surface area contributed by atoms with Crippen LogP contribution >= 0.6 is 11.8 Å². The van der Waals surface area contributed by atoms with Crippen LogP contribution in [0.4, 0.5) is 4.79 Å². The van der Waals surface area contributed by atoms with E-state index in [1.165, 1.54) is 17.3 Å². The lowest BCUT2D eigenvalue weighted by molar-refractivity contribution is -0.120. The number of carbonyl (C=O) groups excluding carboxylic acids is 2. The second-order valence-corrected chi connectivity index (χ2v) is 8.93. The first-order valence-corrected chi connectivity index (χ1v) is 11.0. The van der Waals surface area contributed by atoms with Crippen molar-refractivity contribution >= 4 is 23.7 Å². The zero-order chi connectivity index (χ0) is 22.3. The number of imide groups is 1. The predicted molar refractivity (Wildman–Crippen MR) is 117 cm³/mol. The summed E-state index contributed by atoms with van der Waals surface area (Å²) in [6.45, 7) is 11.1. The number of ether oxygens (including phenoxy) is 1. The minimum Gasteiger partial charge on any atom is -0.486 e. The predicted octanol–water partition coefficient (Wildman–Crippen LogP) is 3.39. The number of aromatic nitrogens is 3. The molecule has 8 nitrogen and oxygen atoms in total. The molecule has 0 bridgehead atoms. The number of amides is 3. The summed E-state index contributed by atoms with van der Waals surface area (Å²) >= 11 is 1.28. The van der Waals surface area contributed by atoms with Crippen molar-refractivity contribution in [1.29, 1.82) is 0 Å². The molecule has 0 saturated carbocycles. The molecule has 9 heteroatoms. The average molecular weight is 434 g/mol. The Hall–Kier alpha value is -2.55. The summed E-state index contributed by atoms with van der Waals surface area (Å²) in [7, 11) is 0. The van der Waals surface area contributed by atoms with Gasteiger partial charge in [0.25, 0.3) is 0 Å². The number of hydrogen-bond donors (Lipinski definition) is 2. The van der Waals surface area contributed by atoms with Gasteiger partial charge in [-0.25, -0.2) is 4.79 Å². The quantitative estimate of drug-likeness (QED) is 0.556. The molecule has 1 heterocycles. The average Bonchev–Trinajstić information content (AvgIpc) is 3.04. The van der Waals surface area contributed by atoms with E-state index in [-0.39, 0.29) is 12.5 Å². The lowest BCUT2D eigenvalue weighted by Gasteiger charge is -2.19. The lowest BCUT2D eigenvalue weighted by atomic mass is 10.1. The first-order chi connectivity index (χ1) is 14.2. The molecule has 1 atom stereocenters. The highest BCUT2D eigenvalue weighted by molar-refractivity contribution is 8.00. The molecular formula is C21H31N5O3S. The lowest BCUT2D eigenvalue weighted by Crippen LogP contribution is -2.42. The van der Waals surface area contributed by atoms with Gasteiger partial charge < -0.3 is 15.0 Å². The van der Waals surface area contributed by atoms with Gasteiger partial charge in [0.05, 0.1) is 5.25 Å². The standard InChI is InChI=1S/C21H31N5O3S/c1-6-15-7-9-16(10-8-15)29-12-17-24-25-21(26(17)11-13(2)3)30-18(14(4)5)19(27)23-20(22)28/h7-10,13-14,18H,6,11-12H2,1-5H3,(H3,22,23,27,28). The Morgan fingerprint density at radius 2 is 1.83 bits per heavy atom. The topological polar surface area (TPSA) is 112 Å². The van der Waals surface area contributed by atoms with Crippen molar-refractivity contribution < 1.29 is 14.3 Å². The molecule has 0 aliphatic rings. The Balaban J connectivity index is 2.19. The molecule has 1 aromatic heterocycles. The van der Waals surface area contributed by atoms with Gasteiger partial charge in [-0.1, -0.05) is 58.5 Å². The first-order valence-electron chi connectivity index (χ1n) is 10.1. The monoisotopic (exact) mass is 433 g/mol. The number of urea groups is 1. The van der Waals surface area contributed by atoms with E-state index in [9.17, 15) is 9.59 Å². The molecule has 3 amide bonds. The molecule has 0 aliphatic carbocycles. The highest BCUT2D eigenvalue weighted by atomic mass is 32.2. The largest absolute Gasteiger partial charge is 0.486 e. The molecule has 30 heavy (non-hydrogen) atoms. The van der Waals surface area contributed by atoms with Crippen LogP contribution in [0.25, 0.3) is 0 Å². The molecule has 1 unspecified atom stereocenters. The maximum absolute atomic E-state index is 12.4. The van der Waals surface area contributed by atoms with Gasteiger partial charge in [0.2, 0.25) is 5.91 Å². The number of nitrogens with zero attached hydrogens (tertiary/aromatic N) is 3. The molecule has 0 spiro atoms. The van der Waals surface area contributed by atoms with Crippen molar-refractivity contribution in [2.75, 3.05) is 0 Å². The van der Waals surface area contributed by atoms with Crippen LogP contribution < -0.4 is 15.8 Å². The van der Waals surface area contributed by atoms with E-state index < -0.39 is 17.2 Å². The second-order valence-electron chi connectivity index (χ2n) is 7.83. The third-order valence-corrected chi connectivity index (χ3v) is 5.91. The van der Waals surface area contributed by atoms with Crippen molar-refractivity contribution in [3.05, 3.63) is 35.7 Å². The minimum atomic E-state index is -0.863. The van der Waals surface area contributed by atoms with Crippen LogP contribution in [0.1, 0.15) is 46.0 Å². The third kappa shape index (κ3) is 6.76. The zero-order valence-electron chi connectivity index (χ0n) is 18.2. The van der Waals surface area contributed by atoms with Gasteiger partial charge in [-0.3, -0.25) is 10.1 Å². The molecule has 2 aromatic rings. The van der Waals surface area contributed by atoms with E-state index in [0.717, 1.165) is 12.2 Å². The molecule has 0 radical (unpaired) electrons. The molecule has 1 aromatic carbocycles. The number of carbonyl (C=O) groups is 2. The summed E-state index contributed by atoms with van der Waals surface area (Å²) in [4.78, 5) is 23.5. The number of rotatable bonds is 10. The van der Waals surface area contributed by atoms with E-state index in [2.05, 4.69) is 36.3 Å². The van der Waals surface area contributed by atoms with E-state index in [1.54, 1.807) is 0 Å². The number of nitrogens with two attached hydrogens (primary N) is 1. The summed E-state index contributed by atoms with van der Waals surface area (Å²) in [5, 5.41) is 10.8. The molecule has 0 saturated heterocycles. The fraction of sp³-hybridized carbons (Fsp3) is 0.524. The molecule has 0 aliphatic heterocycles. The smallest absolute Gasteiger partial charge is 0.318 e. The van der Waals surface area contributed by atoms with E-state index in [4.69, 9.17) is 10.5 Å². The zero-order valence-corrected chi connectivity index (χ0v) is 19.0. The number of primary amides is 1. The summed E-state index contributed by atoms with van der Waals surface area (Å²) < 4.78 is 7.88. The Kier molecular flexibility index (Phi) is 8.71. The van der Waals surface area contributed by atoms with Crippen LogP contribution in [0.3, 0.4) is 0 Å². The van der Waals surface area contributed by atoms with Crippen LogP contribution in [-0.4, -0.2) is 32.0 Å². The molecule has 2 rings (SSSR count). The Bertz CT molecular complexity index is 849. The van der Waals surface area contributed by atoms with Gasteiger partial charge in [-0.05, 0) is 36.0 Å². The van der Waals surface area contributed by atoms with Gasteiger partial charge in [-0.15, -0.1) is 10.2 Å². The number of thioether (sulfide) groups is 1. The molecule has 164 valence electrons. The molecular weight excluding hydrogens is 402 g/mol. The van der Waals surface area contributed by atoms with Crippen LogP contribution in [0.5, 0.6) is 5.75 Å².